The second kappa shape index (κ2) is 9.31. The van der Waals surface area contributed by atoms with Gasteiger partial charge in [-0.2, -0.15) is 5.26 Å². The van der Waals surface area contributed by atoms with Gasteiger partial charge in [0.15, 0.2) is 0 Å². The average Bonchev–Trinajstić information content (AvgIpc) is 2.73. The van der Waals surface area contributed by atoms with E-state index in [2.05, 4.69) is 4.98 Å². The van der Waals surface area contributed by atoms with Crippen LogP contribution in [0.4, 0.5) is 4.39 Å². The molecule has 162 valence electrons. The fourth-order valence-corrected chi connectivity index (χ4v) is 4.05. The molecule has 1 saturated heterocycles. The summed E-state index contributed by atoms with van der Waals surface area (Å²) in [5, 5.41) is 9.24. The lowest BCUT2D eigenvalue weighted by atomic mass is 9.99. The highest BCUT2D eigenvalue weighted by Crippen LogP contribution is 2.20. The number of aryl methyl sites for hydroxylation is 1. The molecule has 31 heavy (non-hydrogen) atoms. The predicted octanol–water partition coefficient (Wildman–Crippen LogP) is 2.57. The van der Waals surface area contributed by atoms with Crippen molar-refractivity contribution in [3.63, 3.8) is 0 Å². The number of piperazine rings is 1. The predicted molar refractivity (Wildman–Crippen MR) is 113 cm³/mol. The minimum absolute atomic E-state index is 0.0598. The molecule has 9 heteroatoms. The Kier molecular flexibility index (Phi) is 6.76. The molecule has 0 saturated carbocycles. The normalized spacial score (nSPS) is 13.8. The van der Waals surface area contributed by atoms with Crippen molar-refractivity contribution in [3.05, 3.63) is 67.3 Å². The fourth-order valence-electron chi connectivity index (χ4n) is 3.80. The van der Waals surface area contributed by atoms with Crippen molar-refractivity contribution in [2.75, 3.05) is 26.2 Å². The van der Waals surface area contributed by atoms with Crippen LogP contribution in [0.3, 0.4) is 0 Å². The van der Waals surface area contributed by atoms with Crippen LogP contribution < -0.4 is 5.56 Å². The van der Waals surface area contributed by atoms with Crippen molar-refractivity contribution in [2.45, 2.75) is 26.7 Å². The van der Waals surface area contributed by atoms with E-state index in [1.807, 2.05) is 6.07 Å². The summed E-state index contributed by atoms with van der Waals surface area (Å²) in [5.41, 5.74) is 1.93. The third-order valence-corrected chi connectivity index (χ3v) is 5.90. The maximum atomic E-state index is 13.2. The van der Waals surface area contributed by atoms with E-state index >= 15 is 0 Å². The van der Waals surface area contributed by atoms with E-state index in [0.717, 1.165) is 11.6 Å². The third-order valence-electron chi connectivity index (χ3n) is 5.59. The molecule has 0 spiro atoms. The molecule has 1 aromatic carbocycles. The number of pyridine rings is 1. The standard InChI is InChI=1S/C22H22ClFN4O3/c1-13-16(14(2)26-21(30)18(13)12-25)5-6-20(29)27-7-9-28(10-8-27)22(31)17-4-3-15(24)11-19(17)23/h3-4,11H,5-10H2,1-2H3,(H,26,30). The first-order valence-corrected chi connectivity index (χ1v) is 10.2. The molecule has 2 aromatic rings. The zero-order valence-corrected chi connectivity index (χ0v) is 18.1. The Morgan fingerprint density at radius 2 is 1.84 bits per heavy atom. The molecule has 0 bridgehead atoms. The molecule has 1 aromatic heterocycles. The van der Waals surface area contributed by atoms with Gasteiger partial charge < -0.3 is 14.8 Å². The Balaban J connectivity index is 1.59. The van der Waals surface area contributed by atoms with Crippen LogP contribution in [-0.2, 0) is 11.2 Å². The second-order valence-electron chi connectivity index (χ2n) is 7.47. The summed E-state index contributed by atoms with van der Waals surface area (Å²) in [7, 11) is 0. The number of hydrogen-bond acceptors (Lipinski definition) is 4. The molecule has 1 fully saturated rings. The second-order valence-corrected chi connectivity index (χ2v) is 7.87. The van der Waals surface area contributed by atoms with Gasteiger partial charge in [0.25, 0.3) is 11.5 Å². The maximum absolute atomic E-state index is 13.2. The quantitative estimate of drug-likeness (QED) is 0.783. The van der Waals surface area contributed by atoms with Gasteiger partial charge in [-0.3, -0.25) is 14.4 Å². The SMILES string of the molecule is Cc1[nH]c(=O)c(C#N)c(C)c1CCC(=O)N1CCN(C(=O)c2ccc(F)cc2Cl)CC1. The van der Waals surface area contributed by atoms with Gasteiger partial charge in [-0.25, -0.2) is 4.39 Å². The minimum atomic E-state index is -0.508. The van der Waals surface area contributed by atoms with Gasteiger partial charge in [-0.1, -0.05) is 11.6 Å². The lowest BCUT2D eigenvalue weighted by Gasteiger charge is -2.35. The van der Waals surface area contributed by atoms with Crippen LogP contribution >= 0.6 is 11.6 Å². The lowest BCUT2D eigenvalue weighted by molar-refractivity contribution is -0.132. The Hall–Kier alpha value is -3.18. The van der Waals surface area contributed by atoms with Crippen LogP contribution in [0.2, 0.25) is 5.02 Å². The van der Waals surface area contributed by atoms with E-state index < -0.39 is 11.4 Å². The number of aromatic amines is 1. The van der Waals surface area contributed by atoms with Gasteiger partial charge in [0.05, 0.1) is 10.6 Å². The highest BCUT2D eigenvalue weighted by Gasteiger charge is 2.26. The molecule has 0 radical (unpaired) electrons. The number of carbonyl (C=O) groups excluding carboxylic acids is 2. The highest BCUT2D eigenvalue weighted by atomic mass is 35.5. The summed E-state index contributed by atoms with van der Waals surface area (Å²) >= 11 is 5.98. The zero-order valence-electron chi connectivity index (χ0n) is 17.3. The number of nitrogens with one attached hydrogen (secondary N) is 1. The first kappa shape index (κ1) is 22.5. The fraction of sp³-hybridized carbons (Fsp3) is 0.364. The highest BCUT2D eigenvalue weighted by molar-refractivity contribution is 6.33. The van der Waals surface area contributed by atoms with Gasteiger partial charge in [0, 0.05) is 38.3 Å². The van der Waals surface area contributed by atoms with Gasteiger partial charge in [0.2, 0.25) is 5.91 Å². The van der Waals surface area contributed by atoms with E-state index in [9.17, 15) is 24.0 Å². The zero-order chi connectivity index (χ0) is 22.7. The number of benzene rings is 1. The molecule has 2 amide bonds. The number of halogens is 2. The van der Waals surface area contributed by atoms with Gasteiger partial charge >= 0.3 is 0 Å². The summed E-state index contributed by atoms with van der Waals surface area (Å²) in [6.07, 6.45) is 0.641. The van der Waals surface area contributed by atoms with Crippen LogP contribution in [0.25, 0.3) is 0 Å². The van der Waals surface area contributed by atoms with E-state index in [1.54, 1.807) is 23.6 Å². The summed E-state index contributed by atoms with van der Waals surface area (Å²) in [6.45, 7) is 4.94. The Morgan fingerprint density at radius 1 is 1.19 bits per heavy atom. The lowest BCUT2D eigenvalue weighted by Crippen LogP contribution is -2.50. The third kappa shape index (κ3) is 4.78. The first-order chi connectivity index (χ1) is 14.7. The summed E-state index contributed by atoms with van der Waals surface area (Å²) in [6, 6.07) is 5.57. The summed E-state index contributed by atoms with van der Waals surface area (Å²) in [5.74, 6) is -0.858. The molecular weight excluding hydrogens is 423 g/mol. The number of H-pyrrole nitrogens is 1. The minimum Gasteiger partial charge on any atom is -0.339 e. The molecule has 0 unspecified atom stereocenters. The molecule has 1 aliphatic heterocycles. The number of nitriles is 1. The largest absolute Gasteiger partial charge is 0.339 e. The van der Waals surface area contributed by atoms with Crippen LogP contribution in [0, 0.1) is 31.0 Å². The van der Waals surface area contributed by atoms with Gasteiger partial charge in [-0.15, -0.1) is 0 Å². The average molecular weight is 445 g/mol. The Morgan fingerprint density at radius 3 is 2.45 bits per heavy atom. The molecule has 0 aliphatic carbocycles. The number of nitrogens with zero attached hydrogens (tertiary/aromatic N) is 3. The number of hydrogen-bond donors (Lipinski definition) is 1. The maximum Gasteiger partial charge on any atom is 0.266 e. The van der Waals surface area contributed by atoms with E-state index in [-0.39, 0.29) is 34.4 Å². The number of aromatic nitrogens is 1. The van der Waals surface area contributed by atoms with Gasteiger partial charge in [-0.05, 0) is 49.6 Å². The van der Waals surface area contributed by atoms with Crippen molar-refractivity contribution in [3.8, 4) is 6.07 Å². The van der Waals surface area contributed by atoms with E-state index in [4.69, 9.17) is 11.6 Å². The molecule has 1 N–H and O–H groups in total. The number of carbonyl (C=O) groups is 2. The van der Waals surface area contributed by atoms with Crippen molar-refractivity contribution >= 4 is 23.4 Å². The van der Waals surface area contributed by atoms with E-state index in [1.165, 1.54) is 12.1 Å². The number of rotatable bonds is 4. The summed E-state index contributed by atoms with van der Waals surface area (Å²) in [4.78, 5) is 43.1. The van der Waals surface area contributed by atoms with Crippen molar-refractivity contribution in [2.24, 2.45) is 0 Å². The Labute approximate surface area is 184 Å². The first-order valence-electron chi connectivity index (χ1n) is 9.87. The smallest absolute Gasteiger partial charge is 0.266 e. The monoisotopic (exact) mass is 444 g/mol. The van der Waals surface area contributed by atoms with Crippen LogP contribution in [-0.4, -0.2) is 52.8 Å². The van der Waals surface area contributed by atoms with Crippen LogP contribution in [0.1, 0.15) is 39.2 Å². The van der Waals surface area contributed by atoms with Crippen LogP contribution in [0.15, 0.2) is 23.0 Å². The van der Waals surface area contributed by atoms with Crippen molar-refractivity contribution < 1.29 is 14.0 Å². The number of amides is 2. The van der Waals surface area contributed by atoms with E-state index in [0.29, 0.717) is 43.9 Å². The van der Waals surface area contributed by atoms with Crippen molar-refractivity contribution in [1.29, 1.82) is 5.26 Å². The Bertz CT molecular complexity index is 1130. The molecule has 0 atom stereocenters. The summed E-state index contributed by atoms with van der Waals surface area (Å²) < 4.78 is 13.2. The topological polar surface area (TPSA) is 97.3 Å². The molecular formula is C22H22ClFN4O3. The van der Waals surface area contributed by atoms with Crippen LogP contribution in [0.5, 0.6) is 0 Å². The molecule has 3 rings (SSSR count). The van der Waals surface area contributed by atoms with Gasteiger partial charge in [0.1, 0.15) is 17.4 Å². The molecule has 2 heterocycles. The molecule has 7 nitrogen and oxygen atoms in total. The molecule has 1 aliphatic rings. The van der Waals surface area contributed by atoms with Crippen molar-refractivity contribution in [1.82, 2.24) is 14.8 Å².